The van der Waals surface area contributed by atoms with Gasteiger partial charge in [-0.15, -0.1) is 11.8 Å². The molecule has 0 bridgehead atoms. The van der Waals surface area contributed by atoms with Gasteiger partial charge in [0.15, 0.2) is 0 Å². The van der Waals surface area contributed by atoms with Crippen LogP contribution >= 0.6 is 23.4 Å². The van der Waals surface area contributed by atoms with Crippen LogP contribution in [0, 0.1) is 0 Å². The highest BCUT2D eigenvalue weighted by Gasteiger charge is 2.29. The number of phenols is 1. The number of fused-ring (bicyclic) bond motifs is 3. The van der Waals surface area contributed by atoms with E-state index in [0.29, 0.717) is 10.8 Å². The Morgan fingerprint density at radius 3 is 2.69 bits per heavy atom. The molecule has 0 spiro atoms. The Hall–Kier alpha value is -2.43. The van der Waals surface area contributed by atoms with Gasteiger partial charge in [-0.3, -0.25) is 0 Å². The fraction of sp³-hybridized carbons (Fsp3) is 0.0952. The van der Waals surface area contributed by atoms with Crippen LogP contribution in [-0.4, -0.2) is 18.2 Å². The molecule has 0 amide bonds. The number of carbonyl (C=O) groups is 1. The van der Waals surface area contributed by atoms with E-state index in [9.17, 15) is 9.90 Å². The van der Waals surface area contributed by atoms with Gasteiger partial charge in [0, 0.05) is 21.2 Å². The lowest BCUT2D eigenvalue weighted by molar-refractivity contribution is 0.0598. The highest BCUT2D eigenvalue weighted by Crippen LogP contribution is 2.49. The third-order valence-electron chi connectivity index (χ3n) is 4.47. The SMILES string of the molecule is COC(=O)c1c(O)cc(-c2cccc(Cl)c2)c2c1-c1ccccc1SC2. The molecule has 1 heterocycles. The van der Waals surface area contributed by atoms with E-state index in [1.807, 2.05) is 48.5 Å². The zero-order chi connectivity index (χ0) is 18.3. The van der Waals surface area contributed by atoms with E-state index in [1.165, 1.54) is 7.11 Å². The normalized spacial score (nSPS) is 12.2. The molecule has 0 atom stereocenters. The quantitative estimate of drug-likeness (QED) is 0.571. The average molecular weight is 383 g/mol. The molecule has 0 saturated carbocycles. The Kier molecular flexibility index (Phi) is 4.39. The van der Waals surface area contributed by atoms with Gasteiger partial charge in [0.2, 0.25) is 0 Å². The standard InChI is InChI=1S/C21H15ClO3S/c1-25-21(24)20-17(23)10-15(12-5-4-6-13(22)9-12)16-11-26-18-8-3-2-7-14(18)19(16)20/h2-10,23H,11H2,1H3. The molecule has 5 heteroatoms. The van der Waals surface area contributed by atoms with Crippen LogP contribution in [0.5, 0.6) is 5.75 Å². The molecule has 3 aromatic carbocycles. The summed E-state index contributed by atoms with van der Waals surface area (Å²) in [4.78, 5) is 13.5. The summed E-state index contributed by atoms with van der Waals surface area (Å²) in [5, 5.41) is 11.3. The molecule has 3 aromatic rings. The number of carbonyl (C=O) groups excluding carboxylic acids is 1. The van der Waals surface area contributed by atoms with Crippen LogP contribution in [0.4, 0.5) is 0 Å². The number of aromatic hydroxyl groups is 1. The zero-order valence-corrected chi connectivity index (χ0v) is 15.5. The van der Waals surface area contributed by atoms with Crippen molar-refractivity contribution in [1.29, 1.82) is 0 Å². The molecular weight excluding hydrogens is 368 g/mol. The summed E-state index contributed by atoms with van der Waals surface area (Å²) in [6, 6.07) is 17.0. The number of benzene rings is 3. The van der Waals surface area contributed by atoms with Crippen LogP contribution in [-0.2, 0) is 10.5 Å². The number of rotatable bonds is 2. The highest BCUT2D eigenvalue weighted by molar-refractivity contribution is 7.98. The summed E-state index contributed by atoms with van der Waals surface area (Å²) in [6.45, 7) is 0. The van der Waals surface area contributed by atoms with Crippen LogP contribution < -0.4 is 0 Å². The first-order valence-corrected chi connectivity index (χ1v) is 9.42. The van der Waals surface area contributed by atoms with Gasteiger partial charge in [0.1, 0.15) is 11.3 Å². The summed E-state index contributed by atoms with van der Waals surface area (Å²) in [6.07, 6.45) is 0. The predicted octanol–water partition coefficient (Wildman–Crippen LogP) is 5.77. The van der Waals surface area contributed by atoms with Crippen molar-refractivity contribution in [1.82, 2.24) is 0 Å². The fourth-order valence-electron chi connectivity index (χ4n) is 3.33. The Morgan fingerprint density at radius 1 is 1.12 bits per heavy atom. The molecule has 1 aliphatic heterocycles. The molecule has 130 valence electrons. The lowest BCUT2D eigenvalue weighted by Crippen LogP contribution is -2.10. The minimum atomic E-state index is -0.543. The van der Waals surface area contributed by atoms with Crippen molar-refractivity contribution >= 4 is 29.3 Å². The molecule has 0 unspecified atom stereocenters. The second-order valence-electron chi connectivity index (χ2n) is 5.96. The molecular formula is C21H15ClO3S. The smallest absolute Gasteiger partial charge is 0.342 e. The lowest BCUT2D eigenvalue weighted by Gasteiger charge is -2.25. The monoisotopic (exact) mass is 382 g/mol. The zero-order valence-electron chi connectivity index (χ0n) is 14.0. The molecule has 0 saturated heterocycles. The van der Waals surface area contributed by atoms with Crippen molar-refractivity contribution < 1.29 is 14.6 Å². The number of esters is 1. The first-order chi connectivity index (χ1) is 12.6. The topological polar surface area (TPSA) is 46.5 Å². The molecule has 4 rings (SSSR count). The van der Waals surface area contributed by atoms with Gasteiger partial charge >= 0.3 is 5.97 Å². The number of hydrogen-bond acceptors (Lipinski definition) is 4. The van der Waals surface area contributed by atoms with Gasteiger partial charge in [0.05, 0.1) is 7.11 Å². The molecule has 1 aliphatic rings. The van der Waals surface area contributed by atoms with E-state index in [0.717, 1.165) is 32.7 Å². The first-order valence-electron chi connectivity index (χ1n) is 8.05. The van der Waals surface area contributed by atoms with Crippen LogP contribution in [0.2, 0.25) is 5.02 Å². The van der Waals surface area contributed by atoms with Gasteiger partial charge < -0.3 is 9.84 Å². The summed E-state index contributed by atoms with van der Waals surface area (Å²) in [7, 11) is 1.32. The van der Waals surface area contributed by atoms with Crippen molar-refractivity contribution in [2.24, 2.45) is 0 Å². The van der Waals surface area contributed by atoms with E-state index >= 15 is 0 Å². The molecule has 26 heavy (non-hydrogen) atoms. The molecule has 1 N–H and O–H groups in total. The Balaban J connectivity index is 2.08. The minimum absolute atomic E-state index is 0.0905. The Morgan fingerprint density at radius 2 is 1.92 bits per heavy atom. The van der Waals surface area contributed by atoms with Crippen molar-refractivity contribution in [3.63, 3.8) is 0 Å². The van der Waals surface area contributed by atoms with Crippen LogP contribution in [0.25, 0.3) is 22.3 Å². The highest BCUT2D eigenvalue weighted by atomic mass is 35.5. The van der Waals surface area contributed by atoms with E-state index in [1.54, 1.807) is 17.8 Å². The maximum atomic E-state index is 12.4. The number of halogens is 1. The summed E-state index contributed by atoms with van der Waals surface area (Å²) >= 11 is 7.87. The Bertz CT molecular complexity index is 1030. The Labute approximate surface area is 160 Å². The number of phenolic OH excluding ortho intramolecular Hbond substituents is 1. The van der Waals surface area contributed by atoms with Crippen LogP contribution in [0.1, 0.15) is 15.9 Å². The van der Waals surface area contributed by atoms with Crippen molar-refractivity contribution in [3.05, 3.63) is 70.7 Å². The van der Waals surface area contributed by atoms with Gasteiger partial charge in [-0.1, -0.05) is 41.9 Å². The number of methoxy groups -OCH3 is 1. The van der Waals surface area contributed by atoms with Crippen molar-refractivity contribution in [3.8, 4) is 28.0 Å². The maximum Gasteiger partial charge on any atom is 0.342 e. The molecule has 3 nitrogen and oxygen atoms in total. The number of ether oxygens (including phenoxy) is 1. The maximum absolute atomic E-state index is 12.4. The minimum Gasteiger partial charge on any atom is -0.507 e. The van der Waals surface area contributed by atoms with Crippen molar-refractivity contribution in [2.45, 2.75) is 10.6 Å². The van der Waals surface area contributed by atoms with Gasteiger partial charge in [-0.2, -0.15) is 0 Å². The van der Waals surface area contributed by atoms with Gasteiger partial charge in [-0.25, -0.2) is 4.79 Å². The largest absolute Gasteiger partial charge is 0.507 e. The van der Waals surface area contributed by atoms with E-state index in [-0.39, 0.29) is 11.3 Å². The number of thioether (sulfide) groups is 1. The lowest BCUT2D eigenvalue weighted by atomic mass is 9.87. The van der Waals surface area contributed by atoms with E-state index in [4.69, 9.17) is 16.3 Å². The molecule has 0 aliphatic carbocycles. The summed E-state index contributed by atoms with van der Waals surface area (Å²) in [5.41, 5.74) is 4.64. The fourth-order valence-corrected chi connectivity index (χ4v) is 4.62. The van der Waals surface area contributed by atoms with Crippen LogP contribution in [0.15, 0.2) is 59.5 Å². The molecule has 0 radical (unpaired) electrons. The third kappa shape index (κ3) is 2.75. The molecule has 0 aromatic heterocycles. The second kappa shape index (κ2) is 6.71. The predicted molar refractivity (Wildman–Crippen MR) is 105 cm³/mol. The number of hydrogen-bond donors (Lipinski definition) is 1. The van der Waals surface area contributed by atoms with E-state index in [2.05, 4.69) is 0 Å². The van der Waals surface area contributed by atoms with E-state index < -0.39 is 5.97 Å². The first kappa shape index (κ1) is 17.0. The van der Waals surface area contributed by atoms with Gasteiger partial charge in [0.25, 0.3) is 0 Å². The van der Waals surface area contributed by atoms with Gasteiger partial charge in [-0.05, 0) is 46.5 Å². The average Bonchev–Trinajstić information content (AvgIpc) is 2.66. The second-order valence-corrected chi connectivity index (χ2v) is 7.41. The van der Waals surface area contributed by atoms with Crippen LogP contribution in [0.3, 0.4) is 0 Å². The van der Waals surface area contributed by atoms with Crippen molar-refractivity contribution in [2.75, 3.05) is 7.11 Å². The molecule has 0 fully saturated rings. The third-order valence-corrected chi connectivity index (χ3v) is 5.80. The summed E-state index contributed by atoms with van der Waals surface area (Å²) in [5.74, 6) is 0.0590. The summed E-state index contributed by atoms with van der Waals surface area (Å²) < 4.78 is 4.94.